The van der Waals surface area contributed by atoms with E-state index < -0.39 is 12.2 Å². The summed E-state index contributed by atoms with van der Waals surface area (Å²) in [5.41, 5.74) is 6.52. The van der Waals surface area contributed by atoms with Gasteiger partial charge < -0.3 is 10.7 Å². The van der Waals surface area contributed by atoms with E-state index in [4.69, 9.17) is 5.73 Å². The maximum absolute atomic E-state index is 12.3. The first-order chi connectivity index (χ1) is 7.48. The van der Waals surface area contributed by atoms with E-state index in [0.29, 0.717) is 5.56 Å². The Bertz CT molecular complexity index is 487. The Labute approximate surface area is 90.3 Å². The largest absolute Gasteiger partial charge is 0.403 e. The molecule has 0 unspecified atom stereocenters. The molecule has 0 aliphatic carbocycles. The van der Waals surface area contributed by atoms with Crippen molar-refractivity contribution >= 4 is 10.9 Å². The van der Waals surface area contributed by atoms with Crippen LogP contribution in [0.1, 0.15) is 5.56 Å². The van der Waals surface area contributed by atoms with Gasteiger partial charge in [-0.05, 0) is 18.1 Å². The fourth-order valence-corrected chi connectivity index (χ4v) is 1.65. The van der Waals surface area contributed by atoms with Crippen LogP contribution >= 0.6 is 0 Å². The molecular weight excluding hydrogens is 217 g/mol. The number of para-hydroxylation sites is 1. The fraction of sp³-hybridized carbons (Fsp3) is 0.273. The van der Waals surface area contributed by atoms with Crippen molar-refractivity contribution in [2.24, 2.45) is 5.73 Å². The van der Waals surface area contributed by atoms with Gasteiger partial charge in [-0.2, -0.15) is 13.2 Å². The van der Waals surface area contributed by atoms with Gasteiger partial charge in [-0.25, -0.2) is 0 Å². The molecule has 2 nitrogen and oxygen atoms in total. The first-order valence-corrected chi connectivity index (χ1v) is 4.86. The highest BCUT2D eigenvalue weighted by atomic mass is 19.4. The fourth-order valence-electron chi connectivity index (χ4n) is 1.65. The number of H-pyrrole nitrogens is 1. The third kappa shape index (κ3) is 2.04. The van der Waals surface area contributed by atoms with Crippen molar-refractivity contribution in [2.75, 3.05) is 0 Å². The lowest BCUT2D eigenvalue weighted by Gasteiger charge is -2.14. The molecule has 0 saturated carbocycles. The van der Waals surface area contributed by atoms with Gasteiger partial charge in [0, 0.05) is 17.1 Å². The molecular formula is C11H11F3N2. The standard InChI is InChI=1S/C11H11F3N2/c12-11(13,14)10(15)5-7-6-16-9-4-2-1-3-8(7)9/h1-4,6,10,16H,5,15H2/t10-/m1/s1. The summed E-state index contributed by atoms with van der Waals surface area (Å²) in [6.07, 6.45) is -2.97. The van der Waals surface area contributed by atoms with E-state index in [0.717, 1.165) is 10.9 Å². The summed E-state index contributed by atoms with van der Waals surface area (Å²) < 4.78 is 36.9. The highest BCUT2D eigenvalue weighted by molar-refractivity contribution is 5.83. The van der Waals surface area contributed by atoms with Crippen molar-refractivity contribution in [3.05, 3.63) is 36.0 Å². The molecule has 1 aromatic carbocycles. The van der Waals surface area contributed by atoms with Crippen molar-refractivity contribution in [3.8, 4) is 0 Å². The number of rotatable bonds is 2. The molecule has 16 heavy (non-hydrogen) atoms. The number of nitrogens with one attached hydrogen (secondary N) is 1. The molecule has 3 N–H and O–H groups in total. The predicted molar refractivity (Wildman–Crippen MR) is 56.0 cm³/mol. The van der Waals surface area contributed by atoms with E-state index >= 15 is 0 Å². The van der Waals surface area contributed by atoms with Crippen LogP contribution < -0.4 is 5.73 Å². The first kappa shape index (κ1) is 11.0. The van der Waals surface area contributed by atoms with Crippen molar-refractivity contribution in [1.29, 1.82) is 0 Å². The Kier molecular flexibility index (Phi) is 2.63. The first-order valence-electron chi connectivity index (χ1n) is 4.86. The molecule has 1 heterocycles. The van der Waals surface area contributed by atoms with Crippen LogP contribution in [-0.2, 0) is 6.42 Å². The van der Waals surface area contributed by atoms with E-state index in [-0.39, 0.29) is 6.42 Å². The topological polar surface area (TPSA) is 41.8 Å². The van der Waals surface area contributed by atoms with Crippen molar-refractivity contribution in [3.63, 3.8) is 0 Å². The molecule has 0 bridgehead atoms. The molecule has 5 heteroatoms. The molecule has 86 valence electrons. The number of fused-ring (bicyclic) bond motifs is 1. The molecule has 0 aliphatic heterocycles. The van der Waals surface area contributed by atoms with E-state index in [1.54, 1.807) is 18.3 Å². The summed E-state index contributed by atoms with van der Waals surface area (Å²) in [7, 11) is 0. The Hall–Kier alpha value is -1.49. The minimum Gasteiger partial charge on any atom is -0.361 e. The Morgan fingerprint density at radius 3 is 2.62 bits per heavy atom. The van der Waals surface area contributed by atoms with Crippen LogP contribution in [0.4, 0.5) is 13.2 Å². The highest BCUT2D eigenvalue weighted by Gasteiger charge is 2.36. The van der Waals surface area contributed by atoms with Crippen LogP contribution in [-0.4, -0.2) is 17.2 Å². The lowest BCUT2D eigenvalue weighted by Crippen LogP contribution is -2.39. The molecule has 0 saturated heterocycles. The van der Waals surface area contributed by atoms with Crippen LogP contribution in [0.25, 0.3) is 10.9 Å². The second-order valence-electron chi connectivity index (χ2n) is 3.71. The smallest absolute Gasteiger partial charge is 0.361 e. The number of hydrogen-bond acceptors (Lipinski definition) is 1. The van der Waals surface area contributed by atoms with Gasteiger partial charge in [0.1, 0.15) is 6.04 Å². The predicted octanol–water partition coefficient (Wildman–Crippen LogP) is 2.60. The highest BCUT2D eigenvalue weighted by Crippen LogP contribution is 2.25. The van der Waals surface area contributed by atoms with Crippen LogP contribution in [0, 0.1) is 0 Å². The molecule has 1 aromatic heterocycles. The Morgan fingerprint density at radius 1 is 1.25 bits per heavy atom. The maximum Gasteiger partial charge on any atom is 0.403 e. The summed E-state index contributed by atoms with van der Waals surface area (Å²) in [5, 5.41) is 0.794. The zero-order valence-corrected chi connectivity index (χ0v) is 8.38. The number of benzene rings is 1. The van der Waals surface area contributed by atoms with Gasteiger partial charge in [-0.3, -0.25) is 0 Å². The van der Waals surface area contributed by atoms with Crippen LogP contribution in [0.15, 0.2) is 30.5 Å². The number of aromatic nitrogens is 1. The van der Waals surface area contributed by atoms with Gasteiger partial charge in [0.05, 0.1) is 0 Å². The second-order valence-corrected chi connectivity index (χ2v) is 3.71. The van der Waals surface area contributed by atoms with Crippen molar-refractivity contribution < 1.29 is 13.2 Å². The molecule has 1 atom stereocenters. The monoisotopic (exact) mass is 228 g/mol. The van der Waals surface area contributed by atoms with E-state index in [9.17, 15) is 13.2 Å². The number of alkyl halides is 3. The van der Waals surface area contributed by atoms with E-state index in [1.807, 2.05) is 12.1 Å². The third-order valence-corrected chi connectivity index (χ3v) is 2.54. The van der Waals surface area contributed by atoms with Gasteiger partial charge in [0.2, 0.25) is 0 Å². The van der Waals surface area contributed by atoms with E-state index in [2.05, 4.69) is 4.98 Å². The molecule has 0 radical (unpaired) electrons. The van der Waals surface area contributed by atoms with E-state index in [1.165, 1.54) is 0 Å². The molecule has 0 spiro atoms. The van der Waals surface area contributed by atoms with Crippen LogP contribution in [0.3, 0.4) is 0 Å². The van der Waals surface area contributed by atoms with Gasteiger partial charge in [0.25, 0.3) is 0 Å². The zero-order chi connectivity index (χ0) is 11.8. The molecule has 0 amide bonds. The van der Waals surface area contributed by atoms with Gasteiger partial charge in [-0.1, -0.05) is 18.2 Å². The quantitative estimate of drug-likeness (QED) is 0.815. The third-order valence-electron chi connectivity index (χ3n) is 2.54. The summed E-state index contributed by atoms with van der Waals surface area (Å²) in [5.74, 6) is 0. The minimum absolute atomic E-state index is 0.201. The summed E-state index contributed by atoms with van der Waals surface area (Å²) in [4.78, 5) is 2.92. The van der Waals surface area contributed by atoms with Crippen molar-refractivity contribution in [2.45, 2.75) is 18.6 Å². The lowest BCUT2D eigenvalue weighted by molar-refractivity contribution is -0.147. The zero-order valence-electron chi connectivity index (χ0n) is 8.38. The summed E-state index contributed by atoms with van der Waals surface area (Å²) >= 11 is 0. The van der Waals surface area contributed by atoms with Gasteiger partial charge >= 0.3 is 6.18 Å². The van der Waals surface area contributed by atoms with Crippen molar-refractivity contribution in [1.82, 2.24) is 4.98 Å². The van der Waals surface area contributed by atoms with Crippen LogP contribution in [0.5, 0.6) is 0 Å². The summed E-state index contributed by atoms with van der Waals surface area (Å²) in [6, 6.07) is 5.40. The Balaban J connectivity index is 2.28. The SMILES string of the molecule is N[C@H](Cc1c[nH]c2ccccc12)C(F)(F)F. The number of nitrogens with two attached hydrogens (primary N) is 1. The molecule has 0 aliphatic rings. The van der Waals surface area contributed by atoms with Gasteiger partial charge in [-0.15, -0.1) is 0 Å². The molecule has 2 rings (SSSR count). The number of halogens is 3. The van der Waals surface area contributed by atoms with Gasteiger partial charge in [0.15, 0.2) is 0 Å². The normalized spacial score (nSPS) is 14.2. The summed E-state index contributed by atoms with van der Waals surface area (Å²) in [6.45, 7) is 0. The average molecular weight is 228 g/mol. The Morgan fingerprint density at radius 2 is 1.94 bits per heavy atom. The number of aromatic amines is 1. The lowest BCUT2D eigenvalue weighted by atomic mass is 10.1. The second kappa shape index (κ2) is 3.83. The average Bonchev–Trinajstić information content (AvgIpc) is 2.61. The van der Waals surface area contributed by atoms with Crippen LogP contribution in [0.2, 0.25) is 0 Å². The molecule has 2 aromatic rings. The molecule has 0 fully saturated rings. The maximum atomic E-state index is 12.3. The minimum atomic E-state index is -4.35. The number of hydrogen-bond donors (Lipinski definition) is 2.